The average molecular weight is 339 g/mol. The van der Waals surface area contributed by atoms with Crippen LogP contribution in [0.25, 0.3) is 22.0 Å². The average Bonchev–Trinajstić information content (AvgIpc) is 3.05. The Labute approximate surface area is 144 Å². The van der Waals surface area contributed by atoms with E-state index in [1.54, 1.807) is 6.07 Å². The van der Waals surface area contributed by atoms with Crippen LogP contribution < -0.4 is 0 Å². The third-order valence-corrected chi connectivity index (χ3v) is 4.77. The van der Waals surface area contributed by atoms with E-state index in [1.165, 1.54) is 12.3 Å². The number of ether oxygens (including phenoxy) is 1. The molecule has 0 radical (unpaired) electrons. The van der Waals surface area contributed by atoms with E-state index in [9.17, 15) is 14.3 Å². The second kappa shape index (κ2) is 6.33. The van der Waals surface area contributed by atoms with Crippen LogP contribution in [0.2, 0.25) is 0 Å². The highest BCUT2D eigenvalue weighted by atomic mass is 19.1. The van der Waals surface area contributed by atoms with E-state index in [2.05, 4.69) is 4.98 Å². The molecule has 5 heteroatoms. The second-order valence-corrected chi connectivity index (χ2v) is 6.36. The Hall–Kier alpha value is -2.66. The van der Waals surface area contributed by atoms with Gasteiger partial charge in [0.2, 0.25) is 0 Å². The maximum atomic E-state index is 14.5. The summed E-state index contributed by atoms with van der Waals surface area (Å²) in [6.07, 6.45) is 4.76. The number of aromatic nitrogens is 1. The maximum Gasteiger partial charge on any atom is 0.337 e. The van der Waals surface area contributed by atoms with Crippen molar-refractivity contribution in [2.75, 3.05) is 6.61 Å². The van der Waals surface area contributed by atoms with Gasteiger partial charge >= 0.3 is 5.97 Å². The summed E-state index contributed by atoms with van der Waals surface area (Å²) in [5.41, 5.74) is 2.83. The van der Waals surface area contributed by atoms with Crippen LogP contribution in [-0.2, 0) is 4.74 Å². The first-order valence-electron chi connectivity index (χ1n) is 8.39. The molecule has 0 bridgehead atoms. The number of rotatable bonds is 3. The van der Waals surface area contributed by atoms with Gasteiger partial charge in [-0.3, -0.25) is 0 Å². The van der Waals surface area contributed by atoms with E-state index in [0.29, 0.717) is 16.5 Å². The van der Waals surface area contributed by atoms with Gasteiger partial charge in [-0.05, 0) is 42.5 Å². The highest BCUT2D eigenvalue weighted by molar-refractivity contribution is 6.04. The molecular weight excluding hydrogens is 321 g/mol. The highest BCUT2D eigenvalue weighted by Gasteiger charge is 2.17. The minimum Gasteiger partial charge on any atom is -0.478 e. The number of fused-ring (bicyclic) bond motifs is 1. The Morgan fingerprint density at radius 2 is 2.00 bits per heavy atom. The molecule has 4 nitrogen and oxygen atoms in total. The van der Waals surface area contributed by atoms with Gasteiger partial charge in [-0.15, -0.1) is 0 Å². The molecule has 0 aliphatic carbocycles. The lowest BCUT2D eigenvalue weighted by molar-refractivity contribution is 0.0149. The molecule has 2 heterocycles. The molecule has 0 amide bonds. The molecule has 1 saturated heterocycles. The first-order valence-corrected chi connectivity index (χ1v) is 8.39. The number of halogens is 1. The van der Waals surface area contributed by atoms with Gasteiger partial charge < -0.3 is 14.8 Å². The van der Waals surface area contributed by atoms with Gasteiger partial charge in [0.05, 0.1) is 11.7 Å². The van der Waals surface area contributed by atoms with E-state index >= 15 is 0 Å². The fraction of sp³-hybridized carbons (Fsp3) is 0.250. The molecule has 1 aromatic heterocycles. The molecule has 1 aliphatic heterocycles. The third-order valence-electron chi connectivity index (χ3n) is 4.77. The number of aromatic amines is 1. The standard InChI is InChI=1S/C20H18FNO3/c21-17-10-18-15(16(11-22-18)20(23)24)9-14(17)12-4-6-13(7-5-12)19-3-1-2-8-25-19/h4-7,9-11,19,22H,1-3,8H2,(H,23,24)/t19-/m0/s1. The lowest BCUT2D eigenvalue weighted by Gasteiger charge is -2.23. The van der Waals surface area contributed by atoms with Gasteiger partial charge in [0.15, 0.2) is 0 Å². The summed E-state index contributed by atoms with van der Waals surface area (Å²) in [6, 6.07) is 10.6. The van der Waals surface area contributed by atoms with Crippen LogP contribution in [0.4, 0.5) is 4.39 Å². The smallest absolute Gasteiger partial charge is 0.337 e. The van der Waals surface area contributed by atoms with Gasteiger partial charge in [0.1, 0.15) is 5.82 Å². The van der Waals surface area contributed by atoms with Gasteiger partial charge in [0.25, 0.3) is 0 Å². The van der Waals surface area contributed by atoms with E-state index < -0.39 is 5.97 Å². The van der Waals surface area contributed by atoms with Crippen LogP contribution in [0.1, 0.15) is 41.3 Å². The van der Waals surface area contributed by atoms with Crippen LogP contribution >= 0.6 is 0 Å². The number of hydrogen-bond donors (Lipinski definition) is 2. The Balaban J connectivity index is 1.72. The number of aromatic carboxylic acids is 1. The minimum atomic E-state index is -1.03. The molecule has 2 N–H and O–H groups in total. The summed E-state index contributed by atoms with van der Waals surface area (Å²) >= 11 is 0. The zero-order valence-corrected chi connectivity index (χ0v) is 13.6. The minimum absolute atomic E-state index is 0.110. The monoisotopic (exact) mass is 339 g/mol. The predicted molar refractivity (Wildman–Crippen MR) is 93.2 cm³/mol. The zero-order valence-electron chi connectivity index (χ0n) is 13.6. The number of carboxylic acid groups (broad SMARTS) is 1. The van der Waals surface area contributed by atoms with Crippen molar-refractivity contribution in [1.29, 1.82) is 0 Å². The SMILES string of the molecule is O=C(O)c1c[nH]c2cc(F)c(-c3ccc([C@@H]4CCCCO4)cc3)cc12. The predicted octanol–water partition coefficient (Wildman–Crippen LogP) is 4.91. The normalized spacial score (nSPS) is 17.7. The number of benzene rings is 2. The van der Waals surface area contributed by atoms with Crippen molar-refractivity contribution in [1.82, 2.24) is 4.98 Å². The fourth-order valence-corrected chi connectivity index (χ4v) is 3.42. The first-order chi connectivity index (χ1) is 12.1. The quantitative estimate of drug-likeness (QED) is 0.712. The summed E-state index contributed by atoms with van der Waals surface area (Å²) in [4.78, 5) is 14.1. The van der Waals surface area contributed by atoms with Crippen LogP contribution in [0, 0.1) is 5.82 Å². The fourth-order valence-electron chi connectivity index (χ4n) is 3.42. The third kappa shape index (κ3) is 2.91. The molecule has 1 fully saturated rings. The molecule has 0 unspecified atom stereocenters. The van der Waals surface area contributed by atoms with E-state index in [1.807, 2.05) is 24.3 Å². The lowest BCUT2D eigenvalue weighted by atomic mass is 9.97. The summed E-state index contributed by atoms with van der Waals surface area (Å²) < 4.78 is 20.3. The van der Waals surface area contributed by atoms with Crippen LogP contribution in [-0.4, -0.2) is 22.7 Å². The van der Waals surface area contributed by atoms with Crippen molar-refractivity contribution in [2.24, 2.45) is 0 Å². The van der Waals surface area contributed by atoms with Gasteiger partial charge in [-0.1, -0.05) is 24.3 Å². The topological polar surface area (TPSA) is 62.3 Å². The lowest BCUT2D eigenvalue weighted by Crippen LogP contribution is -2.11. The van der Waals surface area contributed by atoms with Gasteiger partial charge in [-0.2, -0.15) is 0 Å². The van der Waals surface area contributed by atoms with Gasteiger partial charge in [0, 0.05) is 29.3 Å². The largest absolute Gasteiger partial charge is 0.478 e. The van der Waals surface area contributed by atoms with E-state index in [0.717, 1.165) is 37.0 Å². The van der Waals surface area contributed by atoms with Crippen molar-refractivity contribution in [3.63, 3.8) is 0 Å². The highest BCUT2D eigenvalue weighted by Crippen LogP contribution is 2.32. The number of nitrogens with one attached hydrogen (secondary N) is 1. The second-order valence-electron chi connectivity index (χ2n) is 6.36. The van der Waals surface area contributed by atoms with Crippen molar-refractivity contribution < 1.29 is 19.0 Å². The molecule has 4 rings (SSSR count). The molecule has 1 aliphatic rings. The van der Waals surface area contributed by atoms with Crippen LogP contribution in [0.5, 0.6) is 0 Å². The first kappa shape index (κ1) is 15.8. The molecule has 25 heavy (non-hydrogen) atoms. The molecule has 1 atom stereocenters. The Kier molecular flexibility index (Phi) is 4.01. The van der Waals surface area contributed by atoms with Crippen LogP contribution in [0.15, 0.2) is 42.6 Å². The van der Waals surface area contributed by atoms with Crippen molar-refractivity contribution in [2.45, 2.75) is 25.4 Å². The molecule has 0 saturated carbocycles. The van der Waals surface area contributed by atoms with E-state index in [4.69, 9.17) is 4.74 Å². The van der Waals surface area contributed by atoms with E-state index in [-0.39, 0.29) is 17.5 Å². The summed E-state index contributed by atoms with van der Waals surface area (Å²) in [5.74, 6) is -1.42. The van der Waals surface area contributed by atoms with Crippen molar-refractivity contribution in [3.05, 3.63) is 59.5 Å². The molecule has 128 valence electrons. The van der Waals surface area contributed by atoms with Gasteiger partial charge in [-0.25, -0.2) is 9.18 Å². The Bertz CT molecular complexity index is 924. The van der Waals surface area contributed by atoms with Crippen molar-refractivity contribution >= 4 is 16.9 Å². The zero-order chi connectivity index (χ0) is 17.4. The summed E-state index contributed by atoms with van der Waals surface area (Å²) in [6.45, 7) is 0.781. The summed E-state index contributed by atoms with van der Waals surface area (Å²) in [7, 11) is 0. The molecular formula is C20H18FNO3. The number of H-pyrrole nitrogens is 1. The summed E-state index contributed by atoms with van der Waals surface area (Å²) in [5, 5.41) is 9.76. The Morgan fingerprint density at radius 3 is 2.68 bits per heavy atom. The number of carbonyl (C=O) groups is 1. The Morgan fingerprint density at radius 1 is 1.20 bits per heavy atom. The number of hydrogen-bond acceptors (Lipinski definition) is 2. The molecule has 0 spiro atoms. The van der Waals surface area contributed by atoms with Crippen LogP contribution in [0.3, 0.4) is 0 Å². The maximum absolute atomic E-state index is 14.5. The molecule has 2 aromatic carbocycles. The number of carboxylic acids is 1. The van der Waals surface area contributed by atoms with Crippen molar-refractivity contribution in [3.8, 4) is 11.1 Å². The molecule has 3 aromatic rings.